The number of amides is 2. The summed E-state index contributed by atoms with van der Waals surface area (Å²) >= 11 is 0. The molecule has 4 rings (SSSR count). The third kappa shape index (κ3) is 6.07. The van der Waals surface area contributed by atoms with E-state index in [2.05, 4.69) is 20.8 Å². The number of nitrogens with zero attached hydrogens (tertiary/aromatic N) is 1. The van der Waals surface area contributed by atoms with E-state index in [-0.39, 0.29) is 13.0 Å². The lowest BCUT2D eigenvalue weighted by molar-refractivity contribution is -0.123. The molecule has 1 atom stereocenters. The van der Waals surface area contributed by atoms with Crippen molar-refractivity contribution in [2.75, 3.05) is 0 Å². The number of fused-ring (bicyclic) bond motifs is 1. The predicted octanol–water partition coefficient (Wildman–Crippen LogP) is 4.16. The van der Waals surface area contributed by atoms with Gasteiger partial charge in [-0.3, -0.25) is 4.79 Å². The molecular formula is C26H24N4O3. The second-order valence-electron chi connectivity index (χ2n) is 7.47. The number of hydrogen-bond acceptors (Lipinski definition) is 4. The van der Waals surface area contributed by atoms with Crippen molar-refractivity contribution in [3.05, 3.63) is 108 Å². The largest absolute Gasteiger partial charge is 0.445 e. The van der Waals surface area contributed by atoms with Crippen LogP contribution in [0.4, 0.5) is 4.79 Å². The summed E-state index contributed by atoms with van der Waals surface area (Å²) in [5, 5.41) is 7.70. The molecule has 1 heterocycles. The van der Waals surface area contributed by atoms with Gasteiger partial charge >= 0.3 is 6.09 Å². The van der Waals surface area contributed by atoms with Crippen LogP contribution in [0.3, 0.4) is 0 Å². The maximum Gasteiger partial charge on any atom is 0.408 e. The summed E-state index contributed by atoms with van der Waals surface area (Å²) in [6, 6.07) is 25.7. The minimum Gasteiger partial charge on any atom is -0.445 e. The second kappa shape index (κ2) is 10.8. The molecule has 33 heavy (non-hydrogen) atoms. The van der Waals surface area contributed by atoms with Crippen LogP contribution in [-0.4, -0.2) is 29.2 Å². The lowest BCUT2D eigenvalue weighted by Gasteiger charge is -2.17. The van der Waals surface area contributed by atoms with E-state index in [1.54, 1.807) is 6.21 Å². The van der Waals surface area contributed by atoms with Gasteiger partial charge in [-0.25, -0.2) is 10.2 Å². The minimum atomic E-state index is -0.875. The number of para-hydroxylation sites is 1. The molecule has 0 saturated carbocycles. The number of rotatable bonds is 8. The Kier molecular flexibility index (Phi) is 7.12. The molecule has 1 aromatic heterocycles. The van der Waals surface area contributed by atoms with Crippen molar-refractivity contribution in [1.82, 2.24) is 15.7 Å². The molecule has 2 amide bonds. The summed E-state index contributed by atoms with van der Waals surface area (Å²) < 4.78 is 5.31. The third-order valence-corrected chi connectivity index (χ3v) is 5.11. The van der Waals surface area contributed by atoms with Gasteiger partial charge < -0.3 is 15.0 Å². The van der Waals surface area contributed by atoms with Crippen LogP contribution in [0.15, 0.2) is 96.2 Å². The van der Waals surface area contributed by atoms with Crippen molar-refractivity contribution < 1.29 is 14.3 Å². The van der Waals surface area contributed by atoms with Gasteiger partial charge in [0.1, 0.15) is 12.6 Å². The van der Waals surface area contributed by atoms with Crippen molar-refractivity contribution in [3.8, 4) is 0 Å². The Bertz CT molecular complexity index is 1240. The van der Waals surface area contributed by atoms with Gasteiger partial charge in [0.05, 0.1) is 6.21 Å². The fourth-order valence-corrected chi connectivity index (χ4v) is 3.42. The molecule has 0 unspecified atom stereocenters. The Morgan fingerprint density at radius 3 is 2.42 bits per heavy atom. The Morgan fingerprint density at radius 2 is 1.64 bits per heavy atom. The summed E-state index contributed by atoms with van der Waals surface area (Å²) in [4.78, 5) is 28.6. The molecule has 7 nitrogen and oxygen atoms in total. The van der Waals surface area contributed by atoms with E-state index in [4.69, 9.17) is 4.74 Å². The molecule has 0 aliphatic heterocycles. The number of alkyl carbamates (subject to hydrolysis) is 1. The maximum absolute atomic E-state index is 12.9. The van der Waals surface area contributed by atoms with Crippen molar-refractivity contribution in [1.29, 1.82) is 0 Å². The first-order valence-corrected chi connectivity index (χ1v) is 10.6. The van der Waals surface area contributed by atoms with Crippen molar-refractivity contribution in [2.24, 2.45) is 5.10 Å². The Balaban J connectivity index is 1.45. The number of carbonyl (C=O) groups is 2. The molecule has 0 aliphatic carbocycles. The molecule has 4 aromatic rings. The van der Waals surface area contributed by atoms with Gasteiger partial charge in [-0.2, -0.15) is 5.10 Å². The Labute approximate surface area is 191 Å². The molecule has 0 saturated heterocycles. The SMILES string of the molecule is O=C(N[C@@H](Cc1c[nH]c2ccccc12)C(=O)N/N=C\c1ccccc1)OCc1ccccc1. The first kappa shape index (κ1) is 21.8. The first-order chi connectivity index (χ1) is 16.2. The number of hydrazone groups is 1. The molecule has 0 radical (unpaired) electrons. The average Bonchev–Trinajstić information content (AvgIpc) is 3.26. The summed E-state index contributed by atoms with van der Waals surface area (Å²) in [5.74, 6) is -0.441. The highest BCUT2D eigenvalue weighted by Crippen LogP contribution is 2.19. The van der Waals surface area contributed by atoms with E-state index >= 15 is 0 Å². The fourth-order valence-electron chi connectivity index (χ4n) is 3.42. The molecule has 3 N–H and O–H groups in total. The fraction of sp³-hybridized carbons (Fsp3) is 0.115. The van der Waals surface area contributed by atoms with Gasteiger partial charge in [-0.05, 0) is 22.8 Å². The zero-order chi connectivity index (χ0) is 22.9. The highest BCUT2D eigenvalue weighted by atomic mass is 16.5. The van der Waals surface area contributed by atoms with Gasteiger partial charge in [0.2, 0.25) is 0 Å². The lowest BCUT2D eigenvalue weighted by Crippen LogP contribution is -2.47. The predicted molar refractivity (Wildman–Crippen MR) is 128 cm³/mol. The number of H-pyrrole nitrogens is 1. The minimum absolute atomic E-state index is 0.111. The highest BCUT2D eigenvalue weighted by Gasteiger charge is 2.23. The Morgan fingerprint density at radius 1 is 0.939 bits per heavy atom. The van der Waals surface area contributed by atoms with Crippen molar-refractivity contribution in [2.45, 2.75) is 19.1 Å². The van der Waals surface area contributed by atoms with Gasteiger partial charge in [0, 0.05) is 23.5 Å². The Hall–Kier alpha value is -4.39. The van der Waals surface area contributed by atoms with Crippen LogP contribution in [0.25, 0.3) is 10.9 Å². The maximum atomic E-state index is 12.9. The van der Waals surface area contributed by atoms with Gasteiger partial charge in [-0.15, -0.1) is 0 Å². The number of hydrogen-bond donors (Lipinski definition) is 3. The van der Waals surface area contributed by atoms with Crippen LogP contribution in [0.2, 0.25) is 0 Å². The lowest BCUT2D eigenvalue weighted by atomic mass is 10.0. The molecule has 3 aromatic carbocycles. The number of benzene rings is 3. The van der Waals surface area contributed by atoms with Crippen LogP contribution in [0, 0.1) is 0 Å². The smallest absolute Gasteiger partial charge is 0.408 e. The van der Waals surface area contributed by atoms with Crippen LogP contribution < -0.4 is 10.7 Å². The third-order valence-electron chi connectivity index (χ3n) is 5.11. The molecule has 0 bridgehead atoms. The van der Waals surface area contributed by atoms with Gasteiger partial charge in [-0.1, -0.05) is 78.9 Å². The number of carbonyl (C=O) groups excluding carboxylic acids is 2. The molecule has 0 spiro atoms. The van der Waals surface area contributed by atoms with E-state index in [1.807, 2.05) is 91.1 Å². The van der Waals surface area contributed by atoms with Crippen molar-refractivity contribution >= 4 is 29.1 Å². The molecule has 0 fully saturated rings. The summed E-state index contributed by atoms with van der Waals surface area (Å²) in [6.07, 6.45) is 2.99. The highest BCUT2D eigenvalue weighted by molar-refractivity contribution is 5.89. The van der Waals surface area contributed by atoms with Gasteiger partial charge in [0.25, 0.3) is 5.91 Å². The van der Waals surface area contributed by atoms with Crippen LogP contribution in [-0.2, 0) is 22.6 Å². The van der Waals surface area contributed by atoms with Gasteiger partial charge in [0.15, 0.2) is 0 Å². The monoisotopic (exact) mass is 440 g/mol. The molecule has 7 heteroatoms. The average molecular weight is 441 g/mol. The van der Waals surface area contributed by atoms with Crippen LogP contribution >= 0.6 is 0 Å². The normalized spacial score (nSPS) is 11.9. The number of nitrogens with one attached hydrogen (secondary N) is 3. The molecule has 0 aliphatic rings. The van der Waals surface area contributed by atoms with E-state index in [0.29, 0.717) is 0 Å². The topological polar surface area (TPSA) is 95.6 Å². The number of ether oxygens (including phenoxy) is 1. The van der Waals surface area contributed by atoms with Crippen molar-refractivity contribution in [3.63, 3.8) is 0 Å². The van der Waals surface area contributed by atoms with E-state index in [0.717, 1.165) is 27.6 Å². The number of aromatic amines is 1. The number of aromatic nitrogens is 1. The van der Waals surface area contributed by atoms with Crippen LogP contribution in [0.5, 0.6) is 0 Å². The second-order valence-corrected chi connectivity index (χ2v) is 7.47. The zero-order valence-corrected chi connectivity index (χ0v) is 17.9. The molecule has 166 valence electrons. The summed E-state index contributed by atoms with van der Waals surface area (Å²) in [7, 11) is 0. The van der Waals surface area contributed by atoms with E-state index in [1.165, 1.54) is 0 Å². The quantitative estimate of drug-likeness (QED) is 0.284. The standard InChI is InChI=1S/C26H24N4O3/c31-25(30-28-16-19-9-3-1-4-10-19)24(15-21-17-27-23-14-8-7-13-22(21)23)29-26(32)33-18-20-11-5-2-6-12-20/h1-14,16-17,24,27H,15,18H2,(H,29,32)(H,30,31)/b28-16-/t24-/m0/s1. The van der Waals surface area contributed by atoms with E-state index in [9.17, 15) is 9.59 Å². The van der Waals surface area contributed by atoms with Crippen LogP contribution in [0.1, 0.15) is 16.7 Å². The molecular weight excluding hydrogens is 416 g/mol. The summed E-state index contributed by atoms with van der Waals surface area (Å²) in [5.41, 5.74) is 6.09. The zero-order valence-electron chi connectivity index (χ0n) is 17.9. The summed E-state index contributed by atoms with van der Waals surface area (Å²) in [6.45, 7) is 0.111. The van der Waals surface area contributed by atoms with E-state index < -0.39 is 18.0 Å². The first-order valence-electron chi connectivity index (χ1n) is 10.6.